The van der Waals surface area contributed by atoms with Gasteiger partial charge in [-0.15, -0.1) is 0 Å². The highest BCUT2D eigenvalue weighted by molar-refractivity contribution is 6.69. The molecule has 0 aromatic rings. The maximum atomic E-state index is 11.5. The second kappa shape index (κ2) is 7.20. The third-order valence-corrected chi connectivity index (χ3v) is 10.1. The molecule has 4 aliphatic carbocycles. The Hall–Kier alpha value is -1.12. The molecule has 4 aliphatic rings. The van der Waals surface area contributed by atoms with E-state index in [0.717, 1.165) is 44.9 Å². The molecule has 4 nitrogen and oxygen atoms in total. The Morgan fingerprint density at radius 2 is 1.83 bits per heavy atom. The number of nitriles is 1. The van der Waals surface area contributed by atoms with Crippen LogP contribution in [0.1, 0.15) is 72.1 Å². The molecule has 0 heterocycles. The predicted octanol–water partition coefficient (Wildman–Crippen LogP) is 5.99. The molecule has 7 atom stereocenters. The van der Waals surface area contributed by atoms with Gasteiger partial charge in [-0.3, -0.25) is 4.79 Å². The maximum absolute atomic E-state index is 11.5. The highest BCUT2D eigenvalue weighted by atomic mass is 28.4. The first-order valence-corrected chi connectivity index (χ1v) is 15.3. The summed E-state index contributed by atoms with van der Waals surface area (Å²) in [6.45, 7) is 13.0. The van der Waals surface area contributed by atoms with E-state index in [9.17, 15) is 10.1 Å². The smallest absolute Gasteiger partial charge is 0.302 e. The van der Waals surface area contributed by atoms with Crippen LogP contribution in [0.4, 0.5) is 0 Å². The van der Waals surface area contributed by atoms with Gasteiger partial charge in [-0.2, -0.15) is 5.26 Å². The zero-order valence-electron chi connectivity index (χ0n) is 19.7. The van der Waals surface area contributed by atoms with E-state index in [4.69, 9.17) is 9.16 Å². The second-order valence-electron chi connectivity index (χ2n) is 11.9. The van der Waals surface area contributed by atoms with Crippen LogP contribution >= 0.6 is 0 Å². The Kier molecular flexibility index (Phi) is 5.30. The fourth-order valence-electron chi connectivity index (χ4n) is 7.86. The number of hydrogen-bond acceptors (Lipinski definition) is 4. The molecule has 4 rings (SSSR count). The minimum Gasteiger partial charge on any atom is -0.462 e. The van der Waals surface area contributed by atoms with Gasteiger partial charge in [-0.1, -0.05) is 25.5 Å². The molecule has 3 saturated carbocycles. The lowest BCUT2D eigenvalue weighted by molar-refractivity contribution is -0.149. The van der Waals surface area contributed by atoms with Crippen molar-refractivity contribution in [1.82, 2.24) is 0 Å². The van der Waals surface area contributed by atoms with Crippen molar-refractivity contribution in [2.45, 2.75) is 103 Å². The molecule has 0 aromatic heterocycles. The van der Waals surface area contributed by atoms with Gasteiger partial charge in [0.2, 0.25) is 0 Å². The molecule has 0 spiro atoms. The molecule has 0 amide bonds. The first-order chi connectivity index (χ1) is 13.9. The quantitative estimate of drug-likeness (QED) is 0.314. The molecule has 3 fully saturated rings. The van der Waals surface area contributed by atoms with Crippen molar-refractivity contribution >= 4 is 14.3 Å². The van der Waals surface area contributed by atoms with Crippen molar-refractivity contribution in [3.63, 3.8) is 0 Å². The zero-order valence-corrected chi connectivity index (χ0v) is 20.7. The van der Waals surface area contributed by atoms with Gasteiger partial charge >= 0.3 is 5.97 Å². The van der Waals surface area contributed by atoms with Gasteiger partial charge in [0, 0.05) is 18.8 Å². The number of rotatable bonds is 3. The lowest BCUT2D eigenvalue weighted by Gasteiger charge is -2.59. The Morgan fingerprint density at radius 1 is 1.13 bits per heavy atom. The minimum absolute atomic E-state index is 0.0418. The summed E-state index contributed by atoms with van der Waals surface area (Å²) in [6.07, 6.45) is 10.9. The zero-order chi connectivity index (χ0) is 21.9. The molecule has 166 valence electrons. The van der Waals surface area contributed by atoms with Crippen molar-refractivity contribution in [3.8, 4) is 6.07 Å². The number of esters is 1. The summed E-state index contributed by atoms with van der Waals surface area (Å²) in [4.78, 5) is 11.5. The number of carbonyl (C=O) groups is 1. The van der Waals surface area contributed by atoms with Gasteiger partial charge in [-0.25, -0.2) is 0 Å². The minimum atomic E-state index is -1.82. The molecule has 0 radical (unpaired) electrons. The average molecular weight is 430 g/mol. The standard InChI is InChI=1S/C25H39NO3Si/c1-17(27)28-19-9-12-23(2)18(15-19)7-8-20-21(23)10-13-24(3)22(20)11-14-25(24,16-26)29-30(4,5)6/h7,19-22H,8-15H2,1-6H3/t19-,20+,21+,22+,23+,24+,25-/m1/s1. The fourth-order valence-corrected chi connectivity index (χ4v) is 9.28. The number of fused-ring (bicyclic) bond motifs is 5. The molecular formula is C25H39NO3Si. The normalized spacial score (nSPS) is 45.4. The van der Waals surface area contributed by atoms with Gasteiger partial charge in [-0.05, 0) is 87.8 Å². The van der Waals surface area contributed by atoms with Crippen LogP contribution in [0.2, 0.25) is 19.6 Å². The Morgan fingerprint density at radius 3 is 2.47 bits per heavy atom. The van der Waals surface area contributed by atoms with Crippen LogP contribution in [-0.4, -0.2) is 26.0 Å². The number of hydrogen-bond donors (Lipinski definition) is 0. The van der Waals surface area contributed by atoms with Crippen LogP contribution in [-0.2, 0) is 14.0 Å². The summed E-state index contributed by atoms with van der Waals surface area (Å²) in [5.74, 6) is 1.72. The topological polar surface area (TPSA) is 59.3 Å². The summed E-state index contributed by atoms with van der Waals surface area (Å²) < 4.78 is 12.3. The monoisotopic (exact) mass is 429 g/mol. The van der Waals surface area contributed by atoms with Crippen LogP contribution in [0.15, 0.2) is 11.6 Å². The molecule has 0 aromatic carbocycles. The van der Waals surface area contributed by atoms with Crippen LogP contribution in [0.3, 0.4) is 0 Å². The van der Waals surface area contributed by atoms with Crippen molar-refractivity contribution in [2.75, 3.05) is 0 Å². The molecule has 0 unspecified atom stereocenters. The average Bonchev–Trinajstić information content (AvgIpc) is 2.93. The lowest BCUT2D eigenvalue weighted by Crippen LogP contribution is -2.57. The van der Waals surface area contributed by atoms with Gasteiger partial charge in [0.15, 0.2) is 8.32 Å². The van der Waals surface area contributed by atoms with E-state index >= 15 is 0 Å². The molecule has 0 bridgehead atoms. The first kappa shape index (κ1) is 22.1. The lowest BCUT2D eigenvalue weighted by atomic mass is 9.47. The summed E-state index contributed by atoms with van der Waals surface area (Å²) in [6, 6.07) is 2.71. The molecule has 5 heteroatoms. The summed E-state index contributed by atoms with van der Waals surface area (Å²) in [5, 5.41) is 10.3. The Balaban J connectivity index is 1.61. The molecule has 0 aliphatic heterocycles. The van der Waals surface area contributed by atoms with Crippen molar-refractivity contribution < 1.29 is 14.0 Å². The van der Waals surface area contributed by atoms with E-state index in [1.807, 2.05) is 0 Å². The summed E-state index contributed by atoms with van der Waals surface area (Å²) >= 11 is 0. The van der Waals surface area contributed by atoms with Crippen LogP contribution in [0.25, 0.3) is 0 Å². The SMILES string of the molecule is CC(=O)O[C@@H]1CC[C@@]2(C)C(=CC[C@H]3[C@@H]2CC[C@@]2(C)[C@H]3CC[C@]2(C#N)O[Si](C)(C)C)C1. The third kappa shape index (κ3) is 3.30. The van der Waals surface area contributed by atoms with Gasteiger partial charge in [0.1, 0.15) is 11.7 Å². The largest absolute Gasteiger partial charge is 0.462 e. The summed E-state index contributed by atoms with van der Waals surface area (Å²) in [5.41, 5.74) is 1.09. The van der Waals surface area contributed by atoms with E-state index < -0.39 is 13.9 Å². The van der Waals surface area contributed by atoms with E-state index in [0.29, 0.717) is 17.8 Å². The van der Waals surface area contributed by atoms with Crippen molar-refractivity contribution in [1.29, 1.82) is 5.26 Å². The third-order valence-electron chi connectivity index (χ3n) is 9.17. The van der Waals surface area contributed by atoms with Gasteiger partial charge in [0.05, 0.1) is 6.07 Å². The van der Waals surface area contributed by atoms with Gasteiger partial charge in [0.25, 0.3) is 0 Å². The van der Waals surface area contributed by atoms with Crippen molar-refractivity contribution in [2.24, 2.45) is 28.6 Å². The van der Waals surface area contributed by atoms with Crippen LogP contribution in [0.5, 0.6) is 0 Å². The number of allylic oxidation sites excluding steroid dienone is 1. The number of carbonyl (C=O) groups excluding carboxylic acids is 1. The summed E-state index contributed by atoms with van der Waals surface area (Å²) in [7, 11) is -1.82. The van der Waals surface area contributed by atoms with Gasteiger partial charge < -0.3 is 9.16 Å². The van der Waals surface area contributed by atoms with E-state index in [1.165, 1.54) is 18.9 Å². The number of ether oxygens (including phenoxy) is 1. The van der Waals surface area contributed by atoms with E-state index in [1.54, 1.807) is 0 Å². The van der Waals surface area contributed by atoms with Crippen LogP contribution < -0.4 is 0 Å². The highest BCUT2D eigenvalue weighted by Gasteiger charge is 2.65. The second-order valence-corrected chi connectivity index (χ2v) is 16.3. The Labute approximate surface area is 183 Å². The van der Waals surface area contributed by atoms with Crippen molar-refractivity contribution in [3.05, 3.63) is 11.6 Å². The van der Waals surface area contributed by atoms with E-state index in [-0.39, 0.29) is 22.9 Å². The first-order valence-electron chi connectivity index (χ1n) is 11.9. The molecule has 0 N–H and O–H groups in total. The Bertz CT molecular complexity index is 795. The molecule has 0 saturated heterocycles. The number of nitrogens with zero attached hydrogens (tertiary/aromatic N) is 1. The predicted molar refractivity (Wildman–Crippen MR) is 120 cm³/mol. The molecule has 30 heavy (non-hydrogen) atoms. The van der Waals surface area contributed by atoms with Crippen LogP contribution in [0, 0.1) is 39.9 Å². The molecular weight excluding hydrogens is 390 g/mol. The van der Waals surface area contributed by atoms with E-state index in [2.05, 4.69) is 45.6 Å². The fraction of sp³-hybridized carbons (Fsp3) is 0.840. The maximum Gasteiger partial charge on any atom is 0.302 e. The highest BCUT2D eigenvalue weighted by Crippen LogP contribution is 2.68.